The van der Waals surface area contributed by atoms with E-state index >= 15 is 0 Å². The summed E-state index contributed by atoms with van der Waals surface area (Å²) in [6, 6.07) is 14.2. The summed E-state index contributed by atoms with van der Waals surface area (Å²) < 4.78 is 3.09. The van der Waals surface area contributed by atoms with Crippen molar-refractivity contribution in [2.75, 3.05) is 0 Å². The molecule has 0 fully saturated rings. The van der Waals surface area contributed by atoms with Crippen molar-refractivity contribution in [2.24, 2.45) is 0 Å². The summed E-state index contributed by atoms with van der Waals surface area (Å²) in [6.45, 7) is 0. The lowest BCUT2D eigenvalue weighted by molar-refractivity contribution is -0.516. The van der Waals surface area contributed by atoms with Crippen molar-refractivity contribution in [1.29, 1.82) is 0 Å². The molecule has 0 atom stereocenters. The maximum atomic E-state index is 10.4. The first-order valence-electron chi connectivity index (χ1n) is 5.93. The Hall–Kier alpha value is -1.91. The van der Waals surface area contributed by atoms with E-state index in [0.29, 0.717) is 5.88 Å². The number of aromatic nitrogens is 1. The molecule has 0 bridgehead atoms. The fraction of sp³-hybridized carbons (Fsp3) is 0. The number of pyridine rings is 1. The van der Waals surface area contributed by atoms with Gasteiger partial charge < -0.3 is 5.11 Å². The van der Waals surface area contributed by atoms with Crippen LogP contribution < -0.4 is 4.40 Å². The van der Waals surface area contributed by atoms with E-state index in [2.05, 4.69) is 11.4 Å². The summed E-state index contributed by atoms with van der Waals surface area (Å²) in [4.78, 5) is 2.02. The number of rotatable bonds is 1. The molecule has 0 unspecified atom stereocenters. The van der Waals surface area contributed by atoms with E-state index < -0.39 is 0 Å². The van der Waals surface area contributed by atoms with Gasteiger partial charge in [0.15, 0.2) is 11.1 Å². The van der Waals surface area contributed by atoms with Crippen molar-refractivity contribution < 1.29 is 9.51 Å². The summed E-state index contributed by atoms with van der Waals surface area (Å²) in [6.07, 6.45) is 1.93. The van der Waals surface area contributed by atoms with Gasteiger partial charge in [0.2, 0.25) is 0 Å². The Morgan fingerprint density at radius 2 is 1.84 bits per heavy atom. The number of benzene rings is 1. The molecule has 0 radical (unpaired) electrons. The van der Waals surface area contributed by atoms with E-state index in [4.69, 9.17) is 0 Å². The number of hydrogen-bond donors (Lipinski definition) is 1. The monoisotopic (exact) mass is 284 g/mol. The van der Waals surface area contributed by atoms with Crippen LogP contribution in [-0.2, 0) is 0 Å². The van der Waals surface area contributed by atoms with Gasteiger partial charge >= 0.3 is 5.88 Å². The van der Waals surface area contributed by atoms with Gasteiger partial charge in [-0.2, -0.15) is 0 Å². The summed E-state index contributed by atoms with van der Waals surface area (Å²) in [5, 5.41) is 13.7. The molecule has 3 heterocycles. The van der Waals surface area contributed by atoms with Crippen LogP contribution in [0.2, 0.25) is 0 Å². The molecule has 1 aromatic carbocycles. The quantitative estimate of drug-likeness (QED) is 0.523. The zero-order valence-corrected chi connectivity index (χ0v) is 11.5. The molecule has 92 valence electrons. The number of nitrogens with zero attached hydrogens (tertiary/aromatic N) is 1. The van der Waals surface area contributed by atoms with Gasteiger partial charge in [-0.3, -0.25) is 0 Å². The van der Waals surface area contributed by atoms with E-state index in [9.17, 15) is 5.11 Å². The summed E-state index contributed by atoms with van der Waals surface area (Å²) in [7, 11) is 0. The van der Waals surface area contributed by atoms with Gasteiger partial charge in [-0.25, -0.2) is 0 Å². The highest BCUT2D eigenvalue weighted by Gasteiger charge is 2.23. The number of fused-ring (bicyclic) bond motifs is 3. The molecule has 0 aliphatic carbocycles. The number of thiophene rings is 1. The fourth-order valence-corrected chi connectivity index (χ4v) is 4.43. The van der Waals surface area contributed by atoms with Crippen molar-refractivity contribution in [3.8, 4) is 16.3 Å². The maximum absolute atomic E-state index is 10.4. The van der Waals surface area contributed by atoms with Crippen LogP contribution in [0.3, 0.4) is 0 Å². The molecule has 0 aliphatic heterocycles. The lowest BCUT2D eigenvalue weighted by atomic mass is 10.2. The summed E-state index contributed by atoms with van der Waals surface area (Å²) in [5.41, 5.74) is 1.05. The van der Waals surface area contributed by atoms with Gasteiger partial charge in [0, 0.05) is 17.0 Å². The van der Waals surface area contributed by atoms with Gasteiger partial charge in [0.05, 0.1) is 0 Å². The van der Waals surface area contributed by atoms with Crippen molar-refractivity contribution in [3.63, 3.8) is 0 Å². The van der Waals surface area contributed by atoms with E-state index in [0.717, 1.165) is 15.3 Å². The van der Waals surface area contributed by atoms with Gasteiger partial charge in [-0.1, -0.05) is 41.7 Å². The summed E-state index contributed by atoms with van der Waals surface area (Å²) >= 11 is 3.35. The second-order valence-corrected chi connectivity index (χ2v) is 6.23. The third-order valence-electron chi connectivity index (χ3n) is 3.18. The lowest BCUT2D eigenvalue weighted by Gasteiger charge is -1.92. The highest BCUT2D eigenvalue weighted by molar-refractivity contribution is 7.26. The Bertz CT molecular complexity index is 877. The second-order valence-electron chi connectivity index (χ2n) is 4.32. The van der Waals surface area contributed by atoms with Crippen LogP contribution in [-0.4, -0.2) is 5.11 Å². The SMILES string of the molecule is Oc1c(-c2ccccc2)sc2c3sccc3cc[n+]12. The van der Waals surface area contributed by atoms with Crippen molar-refractivity contribution in [3.05, 3.63) is 54.0 Å². The zero-order chi connectivity index (χ0) is 12.8. The normalized spacial score (nSPS) is 11.4. The molecule has 0 amide bonds. The second kappa shape index (κ2) is 4.05. The molecular formula is C15H10NOS2+. The molecule has 0 saturated heterocycles. The van der Waals surface area contributed by atoms with E-state index in [-0.39, 0.29) is 0 Å². The van der Waals surface area contributed by atoms with Gasteiger partial charge in [-0.05, 0) is 11.4 Å². The molecule has 0 spiro atoms. The van der Waals surface area contributed by atoms with E-state index in [1.807, 2.05) is 47.0 Å². The van der Waals surface area contributed by atoms with Crippen LogP contribution in [0.1, 0.15) is 0 Å². The first-order chi connectivity index (χ1) is 9.34. The number of aromatic hydroxyl groups is 1. The first kappa shape index (κ1) is 11.0. The molecule has 3 aromatic heterocycles. The molecule has 0 aliphatic rings. The molecule has 1 N–H and O–H groups in total. The third-order valence-corrected chi connectivity index (χ3v) is 5.46. The van der Waals surface area contributed by atoms with Crippen LogP contribution in [0.5, 0.6) is 5.88 Å². The van der Waals surface area contributed by atoms with Gasteiger partial charge in [0.25, 0.3) is 4.83 Å². The Morgan fingerprint density at radius 1 is 1.00 bits per heavy atom. The first-order valence-corrected chi connectivity index (χ1v) is 7.63. The molecule has 0 saturated carbocycles. The van der Waals surface area contributed by atoms with Gasteiger partial charge in [0.1, 0.15) is 4.70 Å². The molecule has 4 rings (SSSR count). The maximum Gasteiger partial charge on any atom is 0.390 e. The lowest BCUT2D eigenvalue weighted by Crippen LogP contribution is -2.17. The Morgan fingerprint density at radius 3 is 2.68 bits per heavy atom. The molecule has 4 aromatic rings. The average Bonchev–Trinajstić information content (AvgIpc) is 3.04. The topological polar surface area (TPSA) is 24.3 Å². The largest absolute Gasteiger partial charge is 0.458 e. The van der Waals surface area contributed by atoms with Crippen molar-refractivity contribution in [1.82, 2.24) is 0 Å². The van der Waals surface area contributed by atoms with Crippen LogP contribution in [0.15, 0.2) is 54.0 Å². The van der Waals surface area contributed by atoms with Crippen LogP contribution in [0, 0.1) is 0 Å². The highest BCUT2D eigenvalue weighted by atomic mass is 32.1. The Labute approximate surface area is 117 Å². The molecule has 4 heteroatoms. The smallest absolute Gasteiger partial charge is 0.390 e. The molecule has 19 heavy (non-hydrogen) atoms. The standard InChI is InChI=1S/C15H9NOS2/c17-14-12(10-4-2-1-3-5-10)19-15-13-11(7-9-18-13)6-8-16(14)15/h1-9H/p+1. The minimum Gasteiger partial charge on any atom is -0.458 e. The van der Waals surface area contributed by atoms with Crippen LogP contribution >= 0.6 is 22.7 Å². The van der Waals surface area contributed by atoms with Crippen LogP contribution in [0.4, 0.5) is 0 Å². The van der Waals surface area contributed by atoms with Crippen molar-refractivity contribution in [2.45, 2.75) is 0 Å². The van der Waals surface area contributed by atoms with E-state index in [1.165, 1.54) is 10.1 Å². The van der Waals surface area contributed by atoms with E-state index in [1.54, 1.807) is 22.7 Å². The summed E-state index contributed by atoms with van der Waals surface area (Å²) in [5.74, 6) is 0.321. The number of hydrogen-bond acceptors (Lipinski definition) is 3. The predicted molar refractivity (Wildman–Crippen MR) is 80.0 cm³/mol. The minimum atomic E-state index is 0.321. The Kier molecular flexibility index (Phi) is 2.33. The minimum absolute atomic E-state index is 0.321. The average molecular weight is 284 g/mol. The fourth-order valence-electron chi connectivity index (χ4n) is 2.25. The molecular weight excluding hydrogens is 274 g/mol. The molecule has 2 nitrogen and oxygen atoms in total. The van der Waals surface area contributed by atoms with Crippen LogP contribution in [0.25, 0.3) is 25.4 Å². The van der Waals surface area contributed by atoms with Gasteiger partial charge in [-0.15, -0.1) is 15.7 Å². The zero-order valence-electron chi connectivity index (χ0n) is 9.91. The third kappa shape index (κ3) is 1.57. The predicted octanol–water partition coefficient (Wildman–Crippen LogP) is 4.07. The highest BCUT2D eigenvalue weighted by Crippen LogP contribution is 2.37. The van der Waals surface area contributed by atoms with Crippen molar-refractivity contribution >= 4 is 37.6 Å². The number of thiazole rings is 1. The Balaban J connectivity index is 2.10.